The number of fused-ring (bicyclic) bond motifs is 1. The zero-order chi connectivity index (χ0) is 15.6. The van der Waals surface area contributed by atoms with Crippen LogP contribution in [0.5, 0.6) is 11.5 Å². The summed E-state index contributed by atoms with van der Waals surface area (Å²) in [6.45, 7) is 1.55. The lowest BCUT2D eigenvalue weighted by Gasteiger charge is -2.21. The second-order valence-electron chi connectivity index (χ2n) is 4.87. The van der Waals surface area contributed by atoms with Crippen LogP contribution in [-0.2, 0) is 16.6 Å². The molecular formula is C15H16N2O4S. The number of hydrogen-bond acceptors (Lipinski definition) is 5. The van der Waals surface area contributed by atoms with E-state index in [9.17, 15) is 8.42 Å². The third-order valence-electron chi connectivity index (χ3n) is 3.29. The summed E-state index contributed by atoms with van der Waals surface area (Å²) in [6, 6.07) is 12.1. The third kappa shape index (κ3) is 3.15. The van der Waals surface area contributed by atoms with Crippen LogP contribution in [0.15, 0.2) is 47.4 Å². The number of para-hydroxylation sites is 1. The Balaban J connectivity index is 1.79. The largest absolute Gasteiger partial charge is 0.486 e. The van der Waals surface area contributed by atoms with E-state index in [-0.39, 0.29) is 4.90 Å². The van der Waals surface area contributed by atoms with Crippen LogP contribution in [0.4, 0.5) is 5.69 Å². The van der Waals surface area contributed by atoms with Gasteiger partial charge in [-0.3, -0.25) is 0 Å². The molecule has 0 unspecified atom stereocenters. The molecule has 0 aromatic heterocycles. The number of primary sulfonamides is 1. The Morgan fingerprint density at radius 3 is 2.68 bits per heavy atom. The van der Waals surface area contributed by atoms with E-state index in [1.807, 2.05) is 18.2 Å². The number of ether oxygens (including phenoxy) is 2. The highest BCUT2D eigenvalue weighted by atomic mass is 32.2. The van der Waals surface area contributed by atoms with E-state index in [1.54, 1.807) is 12.1 Å². The molecular weight excluding hydrogens is 304 g/mol. The summed E-state index contributed by atoms with van der Waals surface area (Å²) in [5.41, 5.74) is 1.61. The third-order valence-corrected chi connectivity index (χ3v) is 4.20. The maximum absolute atomic E-state index is 11.4. The second-order valence-corrected chi connectivity index (χ2v) is 6.43. The molecule has 1 aliphatic heterocycles. The summed E-state index contributed by atoms with van der Waals surface area (Å²) in [7, 11) is -3.71. The summed E-state index contributed by atoms with van der Waals surface area (Å²) in [5.74, 6) is 1.45. The molecule has 0 saturated heterocycles. The SMILES string of the molecule is NS(=O)(=O)c1cccc(NCc2cccc3c2OCCO3)c1. The number of benzene rings is 2. The Bertz CT molecular complexity index is 790. The maximum atomic E-state index is 11.4. The van der Waals surface area contributed by atoms with Gasteiger partial charge >= 0.3 is 0 Å². The molecule has 0 spiro atoms. The van der Waals surface area contributed by atoms with E-state index >= 15 is 0 Å². The zero-order valence-corrected chi connectivity index (χ0v) is 12.6. The molecule has 116 valence electrons. The number of nitrogens with two attached hydrogens (primary N) is 1. The molecule has 0 radical (unpaired) electrons. The smallest absolute Gasteiger partial charge is 0.238 e. The predicted octanol–water partition coefficient (Wildman–Crippen LogP) is 1.72. The van der Waals surface area contributed by atoms with E-state index in [0.29, 0.717) is 25.4 Å². The lowest BCUT2D eigenvalue weighted by Crippen LogP contribution is -2.17. The first-order valence-corrected chi connectivity index (χ1v) is 8.33. The average Bonchev–Trinajstić information content (AvgIpc) is 2.52. The van der Waals surface area contributed by atoms with Crippen molar-refractivity contribution in [3.63, 3.8) is 0 Å². The highest BCUT2D eigenvalue weighted by molar-refractivity contribution is 7.89. The molecule has 0 aliphatic carbocycles. The van der Waals surface area contributed by atoms with Crippen molar-refractivity contribution >= 4 is 15.7 Å². The Labute approximate surface area is 128 Å². The van der Waals surface area contributed by atoms with Crippen molar-refractivity contribution in [3.05, 3.63) is 48.0 Å². The fraction of sp³-hybridized carbons (Fsp3) is 0.200. The van der Waals surface area contributed by atoms with Gasteiger partial charge in [-0.15, -0.1) is 0 Å². The minimum atomic E-state index is -3.71. The van der Waals surface area contributed by atoms with Crippen molar-refractivity contribution in [2.24, 2.45) is 5.14 Å². The van der Waals surface area contributed by atoms with Crippen LogP contribution >= 0.6 is 0 Å². The molecule has 0 atom stereocenters. The van der Waals surface area contributed by atoms with Crippen LogP contribution in [0.3, 0.4) is 0 Å². The Kier molecular flexibility index (Phi) is 3.91. The first-order chi connectivity index (χ1) is 10.5. The van der Waals surface area contributed by atoms with Crippen LogP contribution in [0, 0.1) is 0 Å². The molecule has 6 nitrogen and oxygen atoms in total. The van der Waals surface area contributed by atoms with Crippen LogP contribution in [0.2, 0.25) is 0 Å². The fourth-order valence-electron chi connectivity index (χ4n) is 2.25. The van der Waals surface area contributed by atoms with Crippen molar-refractivity contribution < 1.29 is 17.9 Å². The monoisotopic (exact) mass is 320 g/mol. The van der Waals surface area contributed by atoms with E-state index in [2.05, 4.69) is 5.32 Å². The summed E-state index contributed by atoms with van der Waals surface area (Å²) in [4.78, 5) is 0.0761. The first-order valence-electron chi connectivity index (χ1n) is 6.78. The van der Waals surface area contributed by atoms with E-state index in [0.717, 1.165) is 17.1 Å². The van der Waals surface area contributed by atoms with Gasteiger partial charge in [0.2, 0.25) is 10.0 Å². The highest BCUT2D eigenvalue weighted by Gasteiger charge is 2.15. The number of sulfonamides is 1. The van der Waals surface area contributed by atoms with Gasteiger partial charge in [-0.2, -0.15) is 0 Å². The summed E-state index contributed by atoms with van der Waals surface area (Å²) < 4.78 is 33.9. The van der Waals surface area contributed by atoms with Crippen molar-refractivity contribution in [2.45, 2.75) is 11.4 Å². The van der Waals surface area contributed by atoms with Gasteiger partial charge < -0.3 is 14.8 Å². The highest BCUT2D eigenvalue weighted by Crippen LogP contribution is 2.34. The topological polar surface area (TPSA) is 90.7 Å². The quantitative estimate of drug-likeness (QED) is 0.895. The Morgan fingerprint density at radius 1 is 1.09 bits per heavy atom. The van der Waals surface area contributed by atoms with E-state index in [1.165, 1.54) is 12.1 Å². The first kappa shape index (κ1) is 14.7. The average molecular weight is 320 g/mol. The van der Waals surface area contributed by atoms with Crippen LogP contribution in [0.1, 0.15) is 5.56 Å². The Morgan fingerprint density at radius 2 is 1.86 bits per heavy atom. The molecule has 22 heavy (non-hydrogen) atoms. The van der Waals surface area contributed by atoms with Crippen molar-refractivity contribution in [1.82, 2.24) is 0 Å². The molecule has 7 heteroatoms. The minimum Gasteiger partial charge on any atom is -0.486 e. The van der Waals surface area contributed by atoms with Gasteiger partial charge in [0.25, 0.3) is 0 Å². The van der Waals surface area contributed by atoms with Crippen molar-refractivity contribution in [2.75, 3.05) is 18.5 Å². The normalized spacial score (nSPS) is 13.7. The Hall–Kier alpha value is -2.25. The molecule has 0 amide bonds. The van der Waals surface area contributed by atoms with Gasteiger partial charge in [-0.05, 0) is 24.3 Å². The van der Waals surface area contributed by atoms with E-state index < -0.39 is 10.0 Å². The predicted molar refractivity (Wildman–Crippen MR) is 82.6 cm³/mol. The molecule has 2 aromatic rings. The van der Waals surface area contributed by atoms with Crippen molar-refractivity contribution in [3.8, 4) is 11.5 Å². The van der Waals surface area contributed by atoms with Crippen molar-refractivity contribution in [1.29, 1.82) is 0 Å². The molecule has 3 rings (SSSR count). The number of anilines is 1. The van der Waals surface area contributed by atoms with Gasteiger partial charge in [0.05, 0.1) is 4.90 Å². The molecule has 0 fully saturated rings. The molecule has 2 aromatic carbocycles. The molecule has 0 saturated carbocycles. The van der Waals surface area contributed by atoms with Gasteiger partial charge in [-0.25, -0.2) is 13.6 Å². The van der Waals surface area contributed by atoms with Gasteiger partial charge in [-0.1, -0.05) is 18.2 Å². The maximum Gasteiger partial charge on any atom is 0.238 e. The fourth-order valence-corrected chi connectivity index (χ4v) is 2.81. The molecule has 1 aliphatic rings. The van der Waals surface area contributed by atoms with Crippen LogP contribution in [0.25, 0.3) is 0 Å². The van der Waals surface area contributed by atoms with Crippen LogP contribution in [-0.4, -0.2) is 21.6 Å². The summed E-state index contributed by atoms with van der Waals surface area (Å²) in [6.07, 6.45) is 0. The molecule has 0 bridgehead atoms. The number of rotatable bonds is 4. The van der Waals surface area contributed by atoms with Gasteiger partial charge in [0.1, 0.15) is 13.2 Å². The molecule has 3 N–H and O–H groups in total. The second kappa shape index (κ2) is 5.86. The summed E-state index contributed by atoms with van der Waals surface area (Å²) >= 11 is 0. The standard InChI is InChI=1S/C15H16N2O4S/c16-22(18,19)13-5-2-4-12(9-13)17-10-11-3-1-6-14-15(11)21-8-7-20-14/h1-6,9,17H,7-8,10H2,(H2,16,18,19). The van der Waals surface area contributed by atoms with Crippen LogP contribution < -0.4 is 19.9 Å². The van der Waals surface area contributed by atoms with Gasteiger partial charge in [0.15, 0.2) is 11.5 Å². The summed E-state index contributed by atoms with van der Waals surface area (Å²) in [5, 5.41) is 8.30. The van der Waals surface area contributed by atoms with Gasteiger partial charge in [0, 0.05) is 17.8 Å². The number of hydrogen-bond donors (Lipinski definition) is 2. The minimum absolute atomic E-state index is 0.0761. The lowest BCUT2D eigenvalue weighted by molar-refractivity contribution is 0.170. The molecule has 1 heterocycles. The lowest BCUT2D eigenvalue weighted by atomic mass is 10.1. The zero-order valence-electron chi connectivity index (χ0n) is 11.8. The number of nitrogens with one attached hydrogen (secondary N) is 1. The van der Waals surface area contributed by atoms with E-state index in [4.69, 9.17) is 14.6 Å².